The maximum Gasteiger partial charge on any atom is 0.348 e. The van der Waals surface area contributed by atoms with Gasteiger partial charge in [0.2, 0.25) is 0 Å². The minimum Gasteiger partial charge on any atom is -0.489 e. The minimum atomic E-state index is -0.779. The van der Waals surface area contributed by atoms with Crippen molar-refractivity contribution in [2.45, 2.75) is 32.3 Å². The van der Waals surface area contributed by atoms with E-state index in [4.69, 9.17) is 14.6 Å². The van der Waals surface area contributed by atoms with Crippen LogP contribution in [0, 0.1) is 0 Å². The molecule has 2 rings (SSSR count). The molecular weight excluding hydrogens is 328 g/mol. The van der Waals surface area contributed by atoms with Crippen LogP contribution in [-0.4, -0.2) is 24.2 Å². The molecule has 1 aromatic carbocycles. The van der Waals surface area contributed by atoms with Crippen molar-refractivity contribution in [1.82, 2.24) is 0 Å². The summed E-state index contributed by atoms with van der Waals surface area (Å²) in [6.07, 6.45) is 0.765. The molecule has 1 atom stereocenters. The molecule has 0 amide bonds. The van der Waals surface area contributed by atoms with E-state index in [1.165, 1.54) is 18.4 Å². The summed E-state index contributed by atoms with van der Waals surface area (Å²) in [5.74, 6) is -0.255. The number of carboxylic acid groups (broad SMARTS) is 1. The van der Waals surface area contributed by atoms with E-state index in [1.54, 1.807) is 0 Å². The van der Waals surface area contributed by atoms with Crippen molar-refractivity contribution in [1.29, 1.82) is 0 Å². The van der Waals surface area contributed by atoms with Crippen LogP contribution < -0.4 is 4.74 Å². The smallest absolute Gasteiger partial charge is 0.348 e. The molecule has 0 bridgehead atoms. The van der Waals surface area contributed by atoms with Gasteiger partial charge in [0.05, 0.1) is 7.11 Å². The van der Waals surface area contributed by atoms with Crippen molar-refractivity contribution in [3.05, 3.63) is 51.7 Å². The highest BCUT2D eigenvalue weighted by Crippen LogP contribution is 2.24. The average molecular weight is 348 g/mol. The van der Waals surface area contributed by atoms with Gasteiger partial charge in [-0.25, -0.2) is 4.79 Å². The SMILES string of the molecule is COC(=O)c1sccc1COc1ccc(C(C)CCC(=O)O)cc1. The monoisotopic (exact) mass is 348 g/mol. The number of methoxy groups -OCH3 is 1. The molecule has 5 nitrogen and oxygen atoms in total. The summed E-state index contributed by atoms with van der Waals surface area (Å²) in [6, 6.07) is 9.44. The van der Waals surface area contributed by atoms with Crippen LogP contribution in [-0.2, 0) is 16.1 Å². The molecule has 6 heteroatoms. The summed E-state index contributed by atoms with van der Waals surface area (Å²) < 4.78 is 10.5. The summed E-state index contributed by atoms with van der Waals surface area (Å²) >= 11 is 1.33. The lowest BCUT2D eigenvalue weighted by Gasteiger charge is -2.12. The second-order valence-corrected chi connectivity index (χ2v) is 6.37. The third-order valence-corrected chi connectivity index (χ3v) is 4.69. The minimum absolute atomic E-state index is 0.161. The summed E-state index contributed by atoms with van der Waals surface area (Å²) in [6.45, 7) is 2.30. The summed E-state index contributed by atoms with van der Waals surface area (Å²) in [5, 5.41) is 10.6. The number of benzene rings is 1. The van der Waals surface area contributed by atoms with Crippen LogP contribution >= 0.6 is 11.3 Å². The van der Waals surface area contributed by atoms with Crippen molar-refractivity contribution in [2.75, 3.05) is 7.11 Å². The predicted octanol–water partition coefficient (Wildman–Crippen LogP) is 4.08. The van der Waals surface area contributed by atoms with Gasteiger partial charge in [-0.1, -0.05) is 19.1 Å². The number of hydrogen-bond donors (Lipinski definition) is 1. The summed E-state index contributed by atoms with van der Waals surface area (Å²) in [7, 11) is 1.36. The fourth-order valence-corrected chi connectivity index (χ4v) is 3.11. The van der Waals surface area contributed by atoms with Crippen LogP contribution in [0.5, 0.6) is 5.75 Å². The molecule has 1 N–H and O–H groups in total. The number of ether oxygens (including phenoxy) is 2. The molecule has 0 aliphatic rings. The first-order valence-electron chi connectivity index (χ1n) is 7.60. The van der Waals surface area contributed by atoms with Gasteiger partial charge in [-0.3, -0.25) is 4.79 Å². The number of carbonyl (C=O) groups excluding carboxylic acids is 1. The van der Waals surface area contributed by atoms with Crippen molar-refractivity contribution < 1.29 is 24.2 Å². The van der Waals surface area contributed by atoms with E-state index in [9.17, 15) is 9.59 Å². The van der Waals surface area contributed by atoms with E-state index in [0.29, 0.717) is 23.7 Å². The Labute approximate surface area is 144 Å². The molecule has 128 valence electrons. The van der Waals surface area contributed by atoms with Gasteiger partial charge in [-0.2, -0.15) is 0 Å². The van der Waals surface area contributed by atoms with Gasteiger partial charge < -0.3 is 14.6 Å². The third-order valence-electron chi connectivity index (χ3n) is 3.75. The van der Waals surface area contributed by atoms with Gasteiger partial charge in [-0.05, 0) is 41.5 Å². The van der Waals surface area contributed by atoms with Gasteiger partial charge in [0, 0.05) is 12.0 Å². The van der Waals surface area contributed by atoms with Crippen LogP contribution in [0.1, 0.15) is 46.5 Å². The number of hydrogen-bond acceptors (Lipinski definition) is 5. The molecule has 1 unspecified atom stereocenters. The van der Waals surface area contributed by atoms with Gasteiger partial charge >= 0.3 is 11.9 Å². The number of carbonyl (C=O) groups is 2. The molecule has 2 aromatic rings. The number of aliphatic carboxylic acids is 1. The number of rotatable bonds is 8. The molecule has 0 spiro atoms. The Hall–Kier alpha value is -2.34. The van der Waals surface area contributed by atoms with Crippen LogP contribution in [0.2, 0.25) is 0 Å². The number of esters is 1. The van der Waals surface area contributed by atoms with Crippen LogP contribution in [0.4, 0.5) is 0 Å². The second-order valence-electron chi connectivity index (χ2n) is 5.46. The molecule has 0 saturated heterocycles. The largest absolute Gasteiger partial charge is 0.489 e. The van der Waals surface area contributed by atoms with Gasteiger partial charge in [0.15, 0.2) is 0 Å². The Morgan fingerprint density at radius 2 is 1.92 bits per heavy atom. The second kappa shape index (κ2) is 8.49. The zero-order valence-electron chi connectivity index (χ0n) is 13.7. The van der Waals surface area contributed by atoms with E-state index in [0.717, 1.165) is 11.1 Å². The van der Waals surface area contributed by atoms with E-state index in [2.05, 4.69) is 0 Å². The van der Waals surface area contributed by atoms with E-state index in [1.807, 2.05) is 42.6 Å². The maximum absolute atomic E-state index is 11.6. The van der Waals surface area contributed by atoms with Crippen molar-refractivity contribution in [2.24, 2.45) is 0 Å². The Morgan fingerprint density at radius 1 is 1.21 bits per heavy atom. The first-order chi connectivity index (χ1) is 11.5. The Balaban J connectivity index is 1.94. The van der Waals surface area contributed by atoms with Gasteiger partial charge in [0.25, 0.3) is 0 Å². The van der Waals surface area contributed by atoms with E-state index >= 15 is 0 Å². The Bertz CT molecular complexity index is 690. The lowest BCUT2D eigenvalue weighted by Crippen LogP contribution is -2.04. The topological polar surface area (TPSA) is 72.8 Å². The molecule has 0 radical (unpaired) electrons. The number of carboxylic acids is 1. The van der Waals surface area contributed by atoms with Crippen LogP contribution in [0.3, 0.4) is 0 Å². The Kier molecular flexibility index (Phi) is 6.37. The van der Waals surface area contributed by atoms with E-state index in [-0.39, 0.29) is 18.3 Å². The molecular formula is C18H20O5S. The standard InChI is InChI=1S/C18H20O5S/c1-12(3-8-16(19)20)13-4-6-15(7-5-13)23-11-14-9-10-24-17(14)18(21)22-2/h4-7,9-10,12H,3,8,11H2,1-2H3,(H,19,20). The molecule has 1 aromatic heterocycles. The van der Waals surface area contributed by atoms with Crippen LogP contribution in [0.15, 0.2) is 35.7 Å². The lowest BCUT2D eigenvalue weighted by molar-refractivity contribution is -0.137. The molecule has 0 aliphatic carbocycles. The normalized spacial score (nSPS) is 11.8. The predicted molar refractivity (Wildman–Crippen MR) is 91.7 cm³/mol. The Morgan fingerprint density at radius 3 is 2.54 bits per heavy atom. The first-order valence-corrected chi connectivity index (χ1v) is 8.48. The van der Waals surface area contributed by atoms with Crippen molar-refractivity contribution in [3.63, 3.8) is 0 Å². The molecule has 24 heavy (non-hydrogen) atoms. The summed E-state index contributed by atoms with van der Waals surface area (Å²) in [4.78, 5) is 22.8. The fraction of sp³-hybridized carbons (Fsp3) is 0.333. The highest BCUT2D eigenvalue weighted by Gasteiger charge is 2.14. The van der Waals surface area contributed by atoms with Crippen molar-refractivity contribution >= 4 is 23.3 Å². The fourth-order valence-electron chi connectivity index (χ4n) is 2.28. The zero-order valence-corrected chi connectivity index (χ0v) is 14.5. The quantitative estimate of drug-likeness (QED) is 0.728. The molecule has 0 saturated carbocycles. The average Bonchev–Trinajstić information content (AvgIpc) is 3.06. The van der Waals surface area contributed by atoms with E-state index < -0.39 is 5.97 Å². The lowest BCUT2D eigenvalue weighted by atomic mass is 9.96. The van der Waals surface area contributed by atoms with Crippen molar-refractivity contribution in [3.8, 4) is 5.75 Å². The highest BCUT2D eigenvalue weighted by atomic mass is 32.1. The van der Waals surface area contributed by atoms with Gasteiger partial charge in [-0.15, -0.1) is 11.3 Å². The summed E-state index contributed by atoms with van der Waals surface area (Å²) in [5.41, 5.74) is 1.88. The highest BCUT2D eigenvalue weighted by molar-refractivity contribution is 7.12. The molecule has 0 aliphatic heterocycles. The number of thiophene rings is 1. The first kappa shape index (κ1) is 18.0. The zero-order chi connectivity index (χ0) is 17.5. The van der Waals surface area contributed by atoms with Gasteiger partial charge in [0.1, 0.15) is 17.2 Å². The molecule has 1 heterocycles. The maximum atomic E-state index is 11.6. The third kappa shape index (κ3) is 4.83. The molecule has 0 fully saturated rings. The van der Waals surface area contributed by atoms with Crippen LogP contribution in [0.25, 0.3) is 0 Å².